The van der Waals surface area contributed by atoms with Gasteiger partial charge >= 0.3 is 6.18 Å². The highest BCUT2D eigenvalue weighted by Crippen LogP contribution is 2.31. The molecule has 2 aromatic heterocycles. The van der Waals surface area contributed by atoms with Crippen LogP contribution in [0.3, 0.4) is 0 Å². The second-order valence-electron chi connectivity index (χ2n) is 6.72. The summed E-state index contributed by atoms with van der Waals surface area (Å²) in [5, 5.41) is 1.67. The highest BCUT2D eigenvalue weighted by Gasteiger charge is 2.38. The smallest absolute Gasteiger partial charge is 0.339 e. The molecule has 4 rings (SSSR count). The summed E-state index contributed by atoms with van der Waals surface area (Å²) in [6, 6.07) is 9.26. The van der Waals surface area contributed by atoms with Crippen molar-refractivity contribution in [3.05, 3.63) is 47.6 Å². The van der Waals surface area contributed by atoms with Gasteiger partial charge in [0.1, 0.15) is 10.8 Å². The number of carbonyl (C=O) groups is 1. The zero-order chi connectivity index (χ0) is 21.5. The van der Waals surface area contributed by atoms with Crippen LogP contribution in [0.2, 0.25) is 0 Å². The third-order valence-electron chi connectivity index (χ3n) is 4.88. The third kappa shape index (κ3) is 3.82. The fourth-order valence-electron chi connectivity index (χ4n) is 3.40. The fourth-order valence-corrected chi connectivity index (χ4v) is 5.97. The number of hydrogen-bond donors (Lipinski definition) is 0. The van der Waals surface area contributed by atoms with Gasteiger partial charge in [0, 0.05) is 26.2 Å². The lowest BCUT2D eigenvalue weighted by atomic mass is 10.3. The van der Waals surface area contributed by atoms with Crippen molar-refractivity contribution in [1.82, 2.24) is 18.8 Å². The number of alkyl halides is 3. The summed E-state index contributed by atoms with van der Waals surface area (Å²) >= 11 is 1.11. The lowest BCUT2D eigenvalue weighted by Gasteiger charge is -2.34. The number of aromatic nitrogens is 2. The van der Waals surface area contributed by atoms with Crippen LogP contribution >= 0.6 is 11.3 Å². The molecule has 0 atom stereocenters. The Kier molecular flexibility index (Phi) is 5.32. The van der Waals surface area contributed by atoms with Crippen LogP contribution in [0.4, 0.5) is 13.2 Å². The van der Waals surface area contributed by atoms with Crippen LogP contribution in [0.5, 0.6) is 0 Å². The Balaban J connectivity index is 1.50. The molecule has 0 aliphatic carbocycles. The predicted molar refractivity (Wildman–Crippen MR) is 104 cm³/mol. The molecule has 12 heteroatoms. The van der Waals surface area contributed by atoms with Crippen LogP contribution in [-0.2, 0) is 27.5 Å². The van der Waals surface area contributed by atoms with E-state index >= 15 is 0 Å². The zero-order valence-corrected chi connectivity index (χ0v) is 17.2. The van der Waals surface area contributed by atoms with Crippen molar-refractivity contribution in [2.45, 2.75) is 16.9 Å². The number of hydrogen-bond acceptors (Lipinski definition) is 5. The van der Waals surface area contributed by atoms with Crippen molar-refractivity contribution in [2.75, 3.05) is 26.2 Å². The van der Waals surface area contributed by atoms with Crippen LogP contribution < -0.4 is 0 Å². The van der Waals surface area contributed by atoms with E-state index in [-0.39, 0.29) is 41.4 Å². The van der Waals surface area contributed by atoms with Gasteiger partial charge in [0.2, 0.25) is 11.7 Å². The Bertz CT molecular complexity index is 1170. The van der Waals surface area contributed by atoms with Crippen LogP contribution in [0.15, 0.2) is 46.0 Å². The number of thiophene rings is 1. The number of sulfonamides is 1. The molecule has 0 N–H and O–H groups in total. The zero-order valence-electron chi connectivity index (χ0n) is 15.5. The molecule has 1 aliphatic heterocycles. The number of fused-ring (bicyclic) bond motifs is 1. The van der Waals surface area contributed by atoms with Gasteiger partial charge in [-0.1, -0.05) is 18.2 Å². The number of halogens is 3. The van der Waals surface area contributed by atoms with Crippen molar-refractivity contribution in [1.29, 1.82) is 0 Å². The molecule has 0 radical (unpaired) electrons. The molecule has 160 valence electrons. The van der Waals surface area contributed by atoms with E-state index in [1.807, 2.05) is 0 Å². The van der Waals surface area contributed by atoms with Crippen LogP contribution in [-0.4, -0.2) is 59.3 Å². The highest BCUT2D eigenvalue weighted by molar-refractivity contribution is 7.91. The van der Waals surface area contributed by atoms with Gasteiger partial charge in [-0.15, -0.1) is 11.3 Å². The molecule has 1 fully saturated rings. The molecular weight excluding hydrogens is 441 g/mol. The normalized spacial score (nSPS) is 16.3. The summed E-state index contributed by atoms with van der Waals surface area (Å²) in [6.45, 7) is -0.132. The van der Waals surface area contributed by atoms with E-state index in [9.17, 15) is 26.4 Å². The SMILES string of the molecule is O=C(Cn1c(C(F)(F)F)nc2ccccc21)N1CCN(S(=O)(=O)c2cccs2)CC1. The second kappa shape index (κ2) is 7.67. The van der Waals surface area contributed by atoms with Gasteiger partial charge in [0.15, 0.2) is 0 Å². The van der Waals surface area contributed by atoms with Crippen molar-refractivity contribution in [3.8, 4) is 0 Å². The van der Waals surface area contributed by atoms with Gasteiger partial charge in [-0.25, -0.2) is 13.4 Å². The van der Waals surface area contributed by atoms with E-state index in [1.54, 1.807) is 23.6 Å². The van der Waals surface area contributed by atoms with E-state index < -0.39 is 34.5 Å². The van der Waals surface area contributed by atoms with Crippen molar-refractivity contribution in [3.63, 3.8) is 0 Å². The predicted octanol–water partition coefficient (Wildman–Crippen LogP) is 2.65. The molecule has 0 spiro atoms. The molecule has 1 saturated heterocycles. The van der Waals surface area contributed by atoms with Crippen molar-refractivity contribution >= 4 is 38.3 Å². The minimum atomic E-state index is -4.70. The average molecular weight is 458 g/mol. The van der Waals surface area contributed by atoms with Gasteiger partial charge in [-0.3, -0.25) is 4.79 Å². The summed E-state index contributed by atoms with van der Waals surface area (Å²) in [7, 11) is -3.62. The van der Waals surface area contributed by atoms with Crippen molar-refractivity contribution in [2.24, 2.45) is 0 Å². The first-order chi connectivity index (χ1) is 14.2. The molecule has 0 bridgehead atoms. The van der Waals surface area contributed by atoms with E-state index in [0.29, 0.717) is 0 Å². The molecule has 1 amide bonds. The standard InChI is InChI=1S/C18H17F3N4O3S2/c19-18(20,21)17-22-13-4-1-2-5-14(13)25(17)12-15(26)23-7-9-24(10-8-23)30(27,28)16-6-3-11-29-16/h1-6,11H,7-10,12H2. The minimum Gasteiger partial charge on any atom is -0.339 e. The third-order valence-corrected chi connectivity index (χ3v) is 8.15. The van der Waals surface area contributed by atoms with Crippen LogP contribution in [0, 0.1) is 0 Å². The molecule has 1 aromatic carbocycles. The second-order valence-corrected chi connectivity index (χ2v) is 9.84. The van der Waals surface area contributed by atoms with E-state index in [2.05, 4.69) is 4.98 Å². The molecule has 1 aliphatic rings. The Hall–Kier alpha value is -2.44. The average Bonchev–Trinajstić information content (AvgIpc) is 3.37. The number of imidazole rings is 1. The first-order valence-electron chi connectivity index (χ1n) is 9.02. The van der Waals surface area contributed by atoms with Gasteiger partial charge < -0.3 is 9.47 Å². The number of para-hydroxylation sites is 2. The van der Waals surface area contributed by atoms with Gasteiger partial charge in [0.05, 0.1) is 11.0 Å². The van der Waals surface area contributed by atoms with Crippen LogP contribution in [0.25, 0.3) is 11.0 Å². The molecule has 30 heavy (non-hydrogen) atoms. The number of carbonyl (C=O) groups excluding carboxylic acids is 1. The summed E-state index contributed by atoms with van der Waals surface area (Å²) in [6.07, 6.45) is -4.70. The monoisotopic (exact) mass is 458 g/mol. The first kappa shape index (κ1) is 20.8. The maximum Gasteiger partial charge on any atom is 0.449 e. The molecule has 7 nitrogen and oxygen atoms in total. The van der Waals surface area contributed by atoms with E-state index in [0.717, 1.165) is 15.9 Å². The fraction of sp³-hybridized carbons (Fsp3) is 0.333. The highest BCUT2D eigenvalue weighted by atomic mass is 32.2. The summed E-state index contributed by atoms with van der Waals surface area (Å²) in [5.41, 5.74) is 0.376. The Morgan fingerprint density at radius 3 is 2.40 bits per heavy atom. The topological polar surface area (TPSA) is 75.5 Å². The van der Waals surface area contributed by atoms with Crippen molar-refractivity contribution < 1.29 is 26.4 Å². The van der Waals surface area contributed by atoms with Gasteiger partial charge in [0.25, 0.3) is 10.0 Å². The quantitative estimate of drug-likeness (QED) is 0.603. The molecule has 3 heterocycles. The molecule has 0 saturated carbocycles. The number of amides is 1. The minimum absolute atomic E-state index is 0.0861. The molecule has 3 aromatic rings. The van der Waals surface area contributed by atoms with Crippen LogP contribution in [0.1, 0.15) is 5.82 Å². The molecular formula is C18H17F3N4O3S2. The first-order valence-corrected chi connectivity index (χ1v) is 11.3. The lowest BCUT2D eigenvalue weighted by molar-refractivity contribution is -0.148. The number of piperazine rings is 1. The van der Waals surface area contributed by atoms with E-state index in [1.165, 1.54) is 27.4 Å². The number of benzene rings is 1. The summed E-state index contributed by atoms with van der Waals surface area (Å²) < 4.78 is 67.8. The number of rotatable bonds is 4. The molecule has 0 unspecified atom stereocenters. The van der Waals surface area contributed by atoms with Gasteiger partial charge in [-0.2, -0.15) is 17.5 Å². The maximum absolute atomic E-state index is 13.4. The Morgan fingerprint density at radius 2 is 1.77 bits per heavy atom. The maximum atomic E-state index is 13.4. The summed E-state index contributed by atoms with van der Waals surface area (Å²) in [5.74, 6) is -1.65. The Morgan fingerprint density at radius 1 is 1.07 bits per heavy atom. The largest absolute Gasteiger partial charge is 0.449 e. The number of nitrogens with zero attached hydrogens (tertiary/aromatic N) is 4. The Labute approximate surface area is 174 Å². The van der Waals surface area contributed by atoms with Gasteiger partial charge in [-0.05, 0) is 23.6 Å². The lowest BCUT2D eigenvalue weighted by Crippen LogP contribution is -2.51. The van der Waals surface area contributed by atoms with E-state index in [4.69, 9.17) is 0 Å². The summed E-state index contributed by atoms with van der Waals surface area (Å²) in [4.78, 5) is 17.7.